The summed E-state index contributed by atoms with van der Waals surface area (Å²) in [6, 6.07) is 13.8. The minimum absolute atomic E-state index is 0.463. The van der Waals surface area contributed by atoms with Gasteiger partial charge in [-0.2, -0.15) is 5.26 Å². The quantitative estimate of drug-likeness (QED) is 0.798. The minimum Gasteiger partial charge on any atom is -0.323 e. The van der Waals surface area contributed by atoms with Crippen molar-refractivity contribution in [1.29, 1.82) is 5.26 Å². The number of benzene rings is 1. The predicted molar refractivity (Wildman–Crippen MR) is 84.4 cm³/mol. The number of pyridine rings is 1. The fourth-order valence-electron chi connectivity index (χ4n) is 2.08. The van der Waals surface area contributed by atoms with Gasteiger partial charge in [0.1, 0.15) is 17.7 Å². The van der Waals surface area contributed by atoms with Gasteiger partial charge in [0.25, 0.3) is 0 Å². The molecule has 106 valence electrons. The standard InChI is InChI=1S/C17H13N5/c1-12-9-19-11-16(21-12)22-17-14(8-18)7-15(10-20-17)13-5-3-2-4-6-13/h2-7,9-11H,1H3,(H,20,21,22). The molecule has 2 heterocycles. The maximum Gasteiger partial charge on any atom is 0.150 e. The van der Waals surface area contributed by atoms with Gasteiger partial charge in [-0.25, -0.2) is 9.97 Å². The van der Waals surface area contributed by atoms with Gasteiger partial charge >= 0.3 is 0 Å². The molecule has 0 atom stereocenters. The Morgan fingerprint density at radius 2 is 1.86 bits per heavy atom. The molecule has 0 aliphatic rings. The van der Waals surface area contributed by atoms with Gasteiger partial charge in [-0.3, -0.25) is 4.98 Å². The number of anilines is 2. The van der Waals surface area contributed by atoms with Crippen LogP contribution >= 0.6 is 0 Å². The van der Waals surface area contributed by atoms with E-state index in [1.807, 2.05) is 43.3 Å². The summed E-state index contributed by atoms with van der Waals surface area (Å²) >= 11 is 0. The number of hydrogen-bond acceptors (Lipinski definition) is 5. The Kier molecular flexibility index (Phi) is 3.75. The molecule has 0 aliphatic heterocycles. The number of aryl methyl sites for hydroxylation is 1. The van der Waals surface area contributed by atoms with Gasteiger partial charge in [-0.1, -0.05) is 30.3 Å². The highest BCUT2D eigenvalue weighted by atomic mass is 15.1. The topological polar surface area (TPSA) is 74.5 Å². The molecular weight excluding hydrogens is 274 g/mol. The Balaban J connectivity index is 1.95. The number of nitrogens with zero attached hydrogens (tertiary/aromatic N) is 4. The molecule has 3 aromatic rings. The largest absolute Gasteiger partial charge is 0.323 e. The first kappa shape index (κ1) is 13.7. The normalized spacial score (nSPS) is 10.0. The van der Waals surface area contributed by atoms with Gasteiger partial charge < -0.3 is 5.32 Å². The number of nitriles is 1. The summed E-state index contributed by atoms with van der Waals surface area (Å²) in [6.07, 6.45) is 5.00. The van der Waals surface area contributed by atoms with E-state index in [0.29, 0.717) is 17.2 Å². The summed E-state index contributed by atoms with van der Waals surface area (Å²) in [7, 11) is 0. The van der Waals surface area contributed by atoms with E-state index in [4.69, 9.17) is 0 Å². The Morgan fingerprint density at radius 3 is 2.59 bits per heavy atom. The smallest absolute Gasteiger partial charge is 0.150 e. The van der Waals surface area contributed by atoms with Gasteiger partial charge in [-0.15, -0.1) is 0 Å². The Hall–Kier alpha value is -3.26. The molecular formula is C17H13N5. The van der Waals surface area contributed by atoms with Gasteiger partial charge in [0, 0.05) is 18.0 Å². The van der Waals surface area contributed by atoms with Crippen molar-refractivity contribution in [2.24, 2.45) is 0 Å². The first-order valence-electron chi connectivity index (χ1n) is 6.77. The summed E-state index contributed by atoms with van der Waals surface area (Å²) in [5.74, 6) is 1.04. The third-order valence-electron chi connectivity index (χ3n) is 3.12. The van der Waals surface area contributed by atoms with E-state index in [2.05, 4.69) is 26.3 Å². The third-order valence-corrected chi connectivity index (χ3v) is 3.12. The Morgan fingerprint density at radius 1 is 1.05 bits per heavy atom. The fraction of sp³-hybridized carbons (Fsp3) is 0.0588. The summed E-state index contributed by atoms with van der Waals surface area (Å²) in [5, 5.41) is 12.4. The van der Waals surface area contributed by atoms with Crippen molar-refractivity contribution in [3.8, 4) is 17.2 Å². The molecule has 0 aliphatic carbocycles. The van der Waals surface area contributed by atoms with E-state index < -0.39 is 0 Å². The van der Waals surface area contributed by atoms with Crippen molar-refractivity contribution in [2.75, 3.05) is 5.32 Å². The Labute approximate surface area is 128 Å². The van der Waals surface area contributed by atoms with E-state index in [-0.39, 0.29) is 0 Å². The second-order valence-corrected chi connectivity index (χ2v) is 4.77. The van der Waals surface area contributed by atoms with Crippen molar-refractivity contribution >= 4 is 11.6 Å². The lowest BCUT2D eigenvalue weighted by Gasteiger charge is -2.08. The number of aromatic nitrogens is 3. The van der Waals surface area contributed by atoms with Crippen molar-refractivity contribution in [2.45, 2.75) is 6.92 Å². The van der Waals surface area contributed by atoms with E-state index in [1.165, 1.54) is 0 Å². The molecule has 1 N–H and O–H groups in total. The van der Waals surface area contributed by atoms with Crippen LogP contribution in [0.1, 0.15) is 11.3 Å². The first-order valence-corrected chi connectivity index (χ1v) is 6.77. The second kappa shape index (κ2) is 6.02. The zero-order valence-corrected chi connectivity index (χ0v) is 12.0. The van der Waals surface area contributed by atoms with Crippen LogP contribution in [0, 0.1) is 18.3 Å². The molecule has 0 fully saturated rings. The average molecular weight is 287 g/mol. The highest BCUT2D eigenvalue weighted by molar-refractivity contribution is 5.69. The molecule has 5 nitrogen and oxygen atoms in total. The summed E-state index contributed by atoms with van der Waals surface area (Å²) in [6.45, 7) is 1.86. The predicted octanol–water partition coefficient (Wildman–Crippen LogP) is 3.46. The molecule has 0 unspecified atom stereocenters. The molecule has 5 heteroatoms. The van der Waals surface area contributed by atoms with E-state index in [9.17, 15) is 5.26 Å². The van der Waals surface area contributed by atoms with Crippen LogP contribution in [0.3, 0.4) is 0 Å². The third kappa shape index (κ3) is 2.91. The number of hydrogen-bond donors (Lipinski definition) is 1. The lowest BCUT2D eigenvalue weighted by atomic mass is 10.1. The van der Waals surface area contributed by atoms with E-state index in [1.54, 1.807) is 18.6 Å². The van der Waals surface area contributed by atoms with Crippen LogP contribution in [0.15, 0.2) is 55.0 Å². The lowest BCUT2D eigenvalue weighted by Crippen LogP contribution is -2.00. The van der Waals surface area contributed by atoms with Gasteiger partial charge in [0.2, 0.25) is 0 Å². The molecule has 2 aromatic heterocycles. The maximum atomic E-state index is 9.36. The number of nitrogens with one attached hydrogen (secondary N) is 1. The molecule has 0 saturated heterocycles. The zero-order valence-electron chi connectivity index (χ0n) is 12.0. The zero-order chi connectivity index (χ0) is 15.4. The van der Waals surface area contributed by atoms with Crippen LogP contribution < -0.4 is 5.32 Å². The van der Waals surface area contributed by atoms with Crippen molar-refractivity contribution < 1.29 is 0 Å². The van der Waals surface area contributed by atoms with Gasteiger partial charge in [0.15, 0.2) is 0 Å². The molecule has 1 aromatic carbocycles. The van der Waals surface area contributed by atoms with Crippen LogP contribution in [0.2, 0.25) is 0 Å². The van der Waals surface area contributed by atoms with Gasteiger partial charge in [-0.05, 0) is 18.6 Å². The van der Waals surface area contributed by atoms with Crippen LogP contribution in [0.5, 0.6) is 0 Å². The second-order valence-electron chi connectivity index (χ2n) is 4.77. The molecule has 0 amide bonds. The first-order chi connectivity index (χ1) is 10.8. The number of rotatable bonds is 3. The highest BCUT2D eigenvalue weighted by Gasteiger charge is 2.08. The van der Waals surface area contributed by atoms with E-state index >= 15 is 0 Å². The van der Waals surface area contributed by atoms with Gasteiger partial charge in [0.05, 0.1) is 17.5 Å². The van der Waals surface area contributed by atoms with Crippen molar-refractivity contribution in [3.05, 3.63) is 66.2 Å². The minimum atomic E-state index is 0.463. The van der Waals surface area contributed by atoms with Crippen LogP contribution in [-0.2, 0) is 0 Å². The summed E-state index contributed by atoms with van der Waals surface area (Å²) in [5.41, 5.74) is 3.18. The van der Waals surface area contributed by atoms with Crippen molar-refractivity contribution in [1.82, 2.24) is 15.0 Å². The SMILES string of the molecule is Cc1cncc(Nc2ncc(-c3ccccc3)cc2C#N)n1. The molecule has 3 rings (SSSR count). The Bertz CT molecular complexity index is 837. The molecule has 0 radical (unpaired) electrons. The van der Waals surface area contributed by atoms with Crippen LogP contribution in [-0.4, -0.2) is 15.0 Å². The summed E-state index contributed by atoms with van der Waals surface area (Å²) in [4.78, 5) is 12.7. The van der Waals surface area contributed by atoms with Crippen LogP contribution in [0.4, 0.5) is 11.6 Å². The lowest BCUT2D eigenvalue weighted by molar-refractivity contribution is 1.11. The molecule has 0 saturated carbocycles. The molecule has 0 spiro atoms. The van der Waals surface area contributed by atoms with Crippen LogP contribution in [0.25, 0.3) is 11.1 Å². The maximum absolute atomic E-state index is 9.36. The van der Waals surface area contributed by atoms with E-state index in [0.717, 1.165) is 16.8 Å². The highest BCUT2D eigenvalue weighted by Crippen LogP contribution is 2.24. The fourth-order valence-corrected chi connectivity index (χ4v) is 2.08. The summed E-state index contributed by atoms with van der Waals surface area (Å²) < 4.78 is 0. The molecule has 22 heavy (non-hydrogen) atoms. The monoisotopic (exact) mass is 287 g/mol. The molecule has 0 bridgehead atoms. The van der Waals surface area contributed by atoms with Crippen molar-refractivity contribution in [3.63, 3.8) is 0 Å². The average Bonchev–Trinajstić information content (AvgIpc) is 2.56.